The molecular weight excluding hydrogens is 322 g/mol. The second-order valence-electron chi connectivity index (χ2n) is 6.50. The SMILES string of the molecule is CN(C)[C@H](C(=O)Nc1ccc(Cc2ccncc2)cc1)c1ccccc1. The van der Waals surface area contributed by atoms with Gasteiger partial charge in [0.15, 0.2) is 0 Å². The van der Waals surface area contributed by atoms with E-state index in [0.29, 0.717) is 0 Å². The molecule has 0 unspecified atom stereocenters. The predicted molar refractivity (Wildman–Crippen MR) is 105 cm³/mol. The van der Waals surface area contributed by atoms with Crippen LogP contribution < -0.4 is 5.32 Å². The van der Waals surface area contributed by atoms with Crippen molar-refractivity contribution in [2.75, 3.05) is 19.4 Å². The van der Waals surface area contributed by atoms with E-state index in [2.05, 4.69) is 10.3 Å². The Labute approximate surface area is 154 Å². The van der Waals surface area contributed by atoms with Gasteiger partial charge in [0.25, 0.3) is 0 Å². The molecule has 1 aromatic heterocycles. The summed E-state index contributed by atoms with van der Waals surface area (Å²) in [4.78, 5) is 18.7. The molecule has 0 radical (unpaired) electrons. The van der Waals surface area contributed by atoms with Crippen LogP contribution in [0.15, 0.2) is 79.1 Å². The first-order valence-electron chi connectivity index (χ1n) is 8.63. The number of rotatable bonds is 6. The lowest BCUT2D eigenvalue weighted by Crippen LogP contribution is -2.32. The first-order valence-corrected chi connectivity index (χ1v) is 8.63. The number of pyridine rings is 1. The van der Waals surface area contributed by atoms with Gasteiger partial charge in [0.1, 0.15) is 6.04 Å². The zero-order valence-electron chi connectivity index (χ0n) is 15.1. The van der Waals surface area contributed by atoms with E-state index in [1.54, 1.807) is 12.4 Å². The van der Waals surface area contributed by atoms with Gasteiger partial charge in [0, 0.05) is 18.1 Å². The van der Waals surface area contributed by atoms with Crippen molar-refractivity contribution < 1.29 is 4.79 Å². The lowest BCUT2D eigenvalue weighted by atomic mass is 10.0. The van der Waals surface area contributed by atoms with Crippen LogP contribution in [-0.4, -0.2) is 29.9 Å². The summed E-state index contributed by atoms with van der Waals surface area (Å²) in [5.74, 6) is -0.0388. The molecule has 0 bridgehead atoms. The van der Waals surface area contributed by atoms with Crippen LogP contribution in [0.3, 0.4) is 0 Å². The molecule has 26 heavy (non-hydrogen) atoms. The van der Waals surface area contributed by atoms with Gasteiger partial charge in [-0.3, -0.25) is 14.7 Å². The minimum Gasteiger partial charge on any atom is -0.324 e. The maximum Gasteiger partial charge on any atom is 0.246 e. The minimum atomic E-state index is -0.326. The van der Waals surface area contributed by atoms with E-state index in [4.69, 9.17) is 0 Å². The summed E-state index contributed by atoms with van der Waals surface area (Å²) in [6, 6.07) is 21.5. The zero-order valence-corrected chi connectivity index (χ0v) is 15.1. The first-order chi connectivity index (χ1) is 12.6. The van der Waals surface area contributed by atoms with Gasteiger partial charge in [-0.15, -0.1) is 0 Å². The Morgan fingerprint density at radius 2 is 1.54 bits per heavy atom. The summed E-state index contributed by atoms with van der Waals surface area (Å²) in [6.45, 7) is 0. The number of aromatic nitrogens is 1. The molecule has 132 valence electrons. The molecule has 4 heteroatoms. The summed E-state index contributed by atoms with van der Waals surface area (Å²) in [5, 5.41) is 3.02. The highest BCUT2D eigenvalue weighted by atomic mass is 16.2. The summed E-state index contributed by atoms with van der Waals surface area (Å²) >= 11 is 0. The molecule has 0 saturated carbocycles. The second kappa shape index (κ2) is 8.41. The van der Waals surface area contributed by atoms with Gasteiger partial charge in [-0.25, -0.2) is 0 Å². The van der Waals surface area contributed by atoms with Crippen molar-refractivity contribution in [2.24, 2.45) is 0 Å². The second-order valence-corrected chi connectivity index (χ2v) is 6.50. The van der Waals surface area contributed by atoms with Crippen molar-refractivity contribution in [1.29, 1.82) is 0 Å². The molecule has 0 fully saturated rings. The average Bonchev–Trinajstić information content (AvgIpc) is 2.65. The van der Waals surface area contributed by atoms with Gasteiger partial charge in [-0.05, 0) is 61.5 Å². The summed E-state index contributed by atoms with van der Waals surface area (Å²) in [5.41, 5.74) is 4.19. The number of carbonyl (C=O) groups excluding carboxylic acids is 1. The Morgan fingerprint density at radius 1 is 0.923 bits per heavy atom. The lowest BCUT2D eigenvalue weighted by Gasteiger charge is -2.23. The van der Waals surface area contributed by atoms with Crippen molar-refractivity contribution in [1.82, 2.24) is 9.88 Å². The first kappa shape index (κ1) is 17.8. The van der Waals surface area contributed by atoms with Crippen LogP contribution in [0, 0.1) is 0 Å². The molecule has 2 aromatic carbocycles. The highest BCUT2D eigenvalue weighted by Crippen LogP contribution is 2.21. The summed E-state index contributed by atoms with van der Waals surface area (Å²) in [6.07, 6.45) is 4.45. The van der Waals surface area contributed by atoms with Gasteiger partial charge >= 0.3 is 0 Å². The van der Waals surface area contributed by atoms with Gasteiger partial charge in [-0.2, -0.15) is 0 Å². The average molecular weight is 345 g/mol. The Bertz CT molecular complexity index is 830. The molecule has 0 aliphatic carbocycles. The topological polar surface area (TPSA) is 45.2 Å². The number of nitrogens with zero attached hydrogens (tertiary/aromatic N) is 2. The minimum absolute atomic E-state index is 0.0388. The molecule has 1 amide bonds. The standard InChI is InChI=1S/C22H23N3O/c1-25(2)21(19-6-4-3-5-7-19)22(26)24-20-10-8-17(9-11-20)16-18-12-14-23-15-13-18/h3-15,21H,16H2,1-2H3,(H,24,26)/t21-/m0/s1. The fraction of sp³-hybridized carbons (Fsp3) is 0.182. The third kappa shape index (κ3) is 4.55. The largest absolute Gasteiger partial charge is 0.324 e. The molecule has 0 saturated heterocycles. The van der Waals surface area contributed by atoms with Crippen LogP contribution >= 0.6 is 0 Å². The number of amides is 1. The predicted octanol–water partition coefficient (Wildman–Crippen LogP) is 3.91. The highest BCUT2D eigenvalue weighted by molar-refractivity contribution is 5.95. The number of likely N-dealkylation sites (N-methyl/N-ethyl adjacent to an activating group) is 1. The van der Waals surface area contributed by atoms with E-state index in [1.807, 2.05) is 85.7 Å². The molecule has 3 aromatic rings. The Kier molecular flexibility index (Phi) is 5.77. The third-order valence-electron chi connectivity index (χ3n) is 4.26. The number of hydrogen-bond acceptors (Lipinski definition) is 3. The van der Waals surface area contributed by atoms with Gasteiger partial charge in [0.05, 0.1) is 0 Å². The fourth-order valence-electron chi connectivity index (χ4n) is 2.97. The molecule has 0 aliphatic rings. The van der Waals surface area contributed by atoms with E-state index in [9.17, 15) is 4.79 Å². The maximum atomic E-state index is 12.8. The molecule has 3 rings (SSSR count). The van der Waals surface area contributed by atoms with Crippen LogP contribution in [0.4, 0.5) is 5.69 Å². The van der Waals surface area contributed by atoms with E-state index in [-0.39, 0.29) is 11.9 Å². The zero-order chi connectivity index (χ0) is 18.4. The molecule has 0 spiro atoms. The monoisotopic (exact) mass is 345 g/mol. The van der Waals surface area contributed by atoms with E-state index < -0.39 is 0 Å². The lowest BCUT2D eigenvalue weighted by molar-refractivity contribution is -0.120. The number of hydrogen-bond donors (Lipinski definition) is 1. The molecule has 4 nitrogen and oxygen atoms in total. The van der Waals surface area contributed by atoms with Gasteiger partial charge in [-0.1, -0.05) is 42.5 Å². The quantitative estimate of drug-likeness (QED) is 0.737. The number of nitrogens with one attached hydrogen (secondary N) is 1. The Morgan fingerprint density at radius 3 is 2.15 bits per heavy atom. The van der Waals surface area contributed by atoms with Gasteiger partial charge in [0.2, 0.25) is 5.91 Å². The van der Waals surface area contributed by atoms with Crippen LogP contribution in [0.5, 0.6) is 0 Å². The number of carbonyl (C=O) groups is 1. The van der Waals surface area contributed by atoms with Gasteiger partial charge < -0.3 is 5.32 Å². The van der Waals surface area contributed by atoms with Crippen molar-refractivity contribution in [3.8, 4) is 0 Å². The van der Waals surface area contributed by atoms with E-state index in [1.165, 1.54) is 11.1 Å². The normalized spacial score (nSPS) is 12.0. The third-order valence-corrected chi connectivity index (χ3v) is 4.26. The highest BCUT2D eigenvalue weighted by Gasteiger charge is 2.22. The summed E-state index contributed by atoms with van der Waals surface area (Å²) in [7, 11) is 3.82. The Hall–Kier alpha value is -2.98. The summed E-state index contributed by atoms with van der Waals surface area (Å²) < 4.78 is 0. The Balaban J connectivity index is 1.68. The van der Waals surface area contributed by atoms with Crippen LogP contribution in [0.2, 0.25) is 0 Å². The smallest absolute Gasteiger partial charge is 0.246 e. The number of benzene rings is 2. The van der Waals surface area contributed by atoms with Crippen molar-refractivity contribution in [3.05, 3.63) is 95.8 Å². The van der Waals surface area contributed by atoms with Crippen LogP contribution in [0.1, 0.15) is 22.7 Å². The molecular formula is C22H23N3O. The van der Waals surface area contributed by atoms with Crippen molar-refractivity contribution in [2.45, 2.75) is 12.5 Å². The van der Waals surface area contributed by atoms with Crippen LogP contribution in [0.25, 0.3) is 0 Å². The molecule has 1 heterocycles. The fourth-order valence-corrected chi connectivity index (χ4v) is 2.97. The van der Waals surface area contributed by atoms with E-state index in [0.717, 1.165) is 17.7 Å². The maximum absolute atomic E-state index is 12.8. The van der Waals surface area contributed by atoms with Crippen molar-refractivity contribution >= 4 is 11.6 Å². The van der Waals surface area contributed by atoms with E-state index >= 15 is 0 Å². The molecule has 0 aliphatic heterocycles. The molecule has 1 atom stereocenters. The van der Waals surface area contributed by atoms with Crippen molar-refractivity contribution in [3.63, 3.8) is 0 Å². The number of anilines is 1. The molecule has 1 N–H and O–H groups in total. The van der Waals surface area contributed by atoms with Crippen LogP contribution in [-0.2, 0) is 11.2 Å².